The zero-order valence-electron chi connectivity index (χ0n) is 8.28. The van der Waals surface area contributed by atoms with Crippen molar-refractivity contribution in [3.8, 4) is 0 Å². The van der Waals surface area contributed by atoms with Gasteiger partial charge in [-0.15, -0.1) is 0 Å². The van der Waals surface area contributed by atoms with Crippen molar-refractivity contribution >= 4 is 51.8 Å². The van der Waals surface area contributed by atoms with E-state index in [9.17, 15) is 9.59 Å². The van der Waals surface area contributed by atoms with Gasteiger partial charge in [0.2, 0.25) is 0 Å². The zero-order valence-corrected chi connectivity index (χ0v) is 11.2. The van der Waals surface area contributed by atoms with Crippen molar-refractivity contribution in [3.05, 3.63) is 38.6 Å². The van der Waals surface area contributed by atoms with E-state index in [4.69, 9.17) is 21.8 Å². The number of nitrogens with one attached hydrogen (secondary N) is 1. The number of rotatable bonds is 4. The number of aliphatic carboxylic acids is 2. The van der Waals surface area contributed by atoms with Gasteiger partial charge in [-0.25, -0.2) is 9.59 Å². The predicted molar refractivity (Wildman–Crippen MR) is 71.1 cm³/mol. The molecule has 5 nitrogen and oxygen atoms in total. The van der Waals surface area contributed by atoms with Crippen LogP contribution in [0.1, 0.15) is 0 Å². The first-order valence-electron chi connectivity index (χ1n) is 4.30. The Hall–Kier alpha value is -1.28. The van der Waals surface area contributed by atoms with Crippen molar-refractivity contribution in [3.63, 3.8) is 0 Å². The molecule has 0 radical (unpaired) electrons. The Balaban J connectivity index is 2.91. The molecule has 90 valence electrons. The molecular weight excluding hydrogens is 360 g/mol. The predicted octanol–water partition coefficient (Wildman–Crippen LogP) is 2.41. The molecule has 0 aromatic heterocycles. The maximum Gasteiger partial charge on any atom is 0.344 e. The molecule has 0 fully saturated rings. The summed E-state index contributed by atoms with van der Waals surface area (Å²) in [5.74, 6) is -3.02. The highest BCUT2D eigenvalue weighted by molar-refractivity contribution is 14.1. The summed E-state index contributed by atoms with van der Waals surface area (Å²) in [7, 11) is 0. The fraction of sp³-hybridized carbons (Fsp3) is 0. The van der Waals surface area contributed by atoms with Gasteiger partial charge in [0.15, 0.2) is 5.57 Å². The third-order valence-electron chi connectivity index (χ3n) is 1.76. The number of carboxylic acid groups (broad SMARTS) is 2. The Morgan fingerprint density at radius 1 is 1.29 bits per heavy atom. The van der Waals surface area contributed by atoms with E-state index < -0.39 is 17.5 Å². The molecule has 17 heavy (non-hydrogen) atoms. The van der Waals surface area contributed by atoms with E-state index in [1.807, 2.05) is 22.6 Å². The molecule has 0 bridgehead atoms. The van der Waals surface area contributed by atoms with E-state index in [0.717, 1.165) is 9.77 Å². The standard InChI is InChI=1S/C10H7ClINO4/c11-7-3-5(1-2-8(7)12)13-4-6(9(14)15)10(16)17/h1-4,13H,(H,14,15)(H,16,17). The number of anilines is 1. The first-order chi connectivity index (χ1) is 7.91. The van der Waals surface area contributed by atoms with Gasteiger partial charge in [0.1, 0.15) is 0 Å². The smallest absolute Gasteiger partial charge is 0.344 e. The van der Waals surface area contributed by atoms with Gasteiger partial charge in [0.05, 0.1) is 5.02 Å². The first kappa shape index (κ1) is 13.8. The molecule has 0 unspecified atom stereocenters. The van der Waals surface area contributed by atoms with Gasteiger partial charge in [-0.2, -0.15) is 0 Å². The van der Waals surface area contributed by atoms with Gasteiger partial charge in [0, 0.05) is 15.5 Å². The van der Waals surface area contributed by atoms with Crippen LogP contribution in [0, 0.1) is 3.57 Å². The minimum atomic E-state index is -1.51. The van der Waals surface area contributed by atoms with Crippen LogP contribution >= 0.6 is 34.2 Å². The molecule has 0 heterocycles. The average Bonchev–Trinajstić information content (AvgIpc) is 2.22. The van der Waals surface area contributed by atoms with Crippen LogP contribution in [0.5, 0.6) is 0 Å². The van der Waals surface area contributed by atoms with Crippen LogP contribution < -0.4 is 5.32 Å². The van der Waals surface area contributed by atoms with Crippen LogP contribution in [-0.2, 0) is 9.59 Å². The monoisotopic (exact) mass is 367 g/mol. The minimum absolute atomic E-state index is 0.496. The summed E-state index contributed by atoms with van der Waals surface area (Å²) in [6.07, 6.45) is 0.906. The maximum absolute atomic E-state index is 10.6. The molecule has 0 aliphatic heterocycles. The highest BCUT2D eigenvalue weighted by atomic mass is 127. The molecule has 0 amide bonds. The number of carboxylic acids is 2. The minimum Gasteiger partial charge on any atom is -0.477 e. The third kappa shape index (κ3) is 3.90. The van der Waals surface area contributed by atoms with Gasteiger partial charge < -0.3 is 15.5 Å². The fourth-order valence-corrected chi connectivity index (χ4v) is 1.47. The van der Waals surface area contributed by atoms with E-state index >= 15 is 0 Å². The molecule has 1 aromatic rings. The van der Waals surface area contributed by atoms with Crippen LogP contribution in [0.2, 0.25) is 5.02 Å². The lowest BCUT2D eigenvalue weighted by Gasteiger charge is -2.03. The van der Waals surface area contributed by atoms with E-state index in [-0.39, 0.29) is 0 Å². The first-order valence-corrected chi connectivity index (χ1v) is 5.76. The fourth-order valence-electron chi connectivity index (χ4n) is 0.956. The molecule has 0 aliphatic rings. The summed E-state index contributed by atoms with van der Waals surface area (Å²) in [6.45, 7) is 0. The van der Waals surface area contributed by atoms with Gasteiger partial charge >= 0.3 is 11.9 Å². The highest BCUT2D eigenvalue weighted by Gasteiger charge is 2.15. The van der Waals surface area contributed by atoms with Crippen LogP contribution in [0.3, 0.4) is 0 Å². The molecule has 1 rings (SSSR count). The Bertz CT molecular complexity index is 485. The van der Waals surface area contributed by atoms with Crippen LogP contribution in [0.4, 0.5) is 5.69 Å². The number of halogens is 2. The zero-order chi connectivity index (χ0) is 13.0. The van der Waals surface area contributed by atoms with E-state index in [0.29, 0.717) is 10.7 Å². The van der Waals surface area contributed by atoms with Gasteiger partial charge in [-0.1, -0.05) is 11.6 Å². The Morgan fingerprint density at radius 2 is 1.88 bits per heavy atom. The van der Waals surface area contributed by atoms with Crippen molar-refractivity contribution in [2.24, 2.45) is 0 Å². The quantitative estimate of drug-likeness (QED) is 0.329. The van der Waals surface area contributed by atoms with Crippen molar-refractivity contribution in [1.82, 2.24) is 0 Å². The summed E-state index contributed by atoms with van der Waals surface area (Å²) < 4.78 is 0.843. The molecule has 0 spiro atoms. The van der Waals surface area contributed by atoms with Crippen molar-refractivity contribution in [2.45, 2.75) is 0 Å². The molecule has 1 aromatic carbocycles. The molecule has 0 saturated heterocycles. The summed E-state index contributed by atoms with van der Waals surface area (Å²) in [6, 6.07) is 4.95. The lowest BCUT2D eigenvalue weighted by Crippen LogP contribution is -2.12. The lowest BCUT2D eigenvalue weighted by molar-refractivity contribution is -0.140. The number of hydrogen-bond donors (Lipinski definition) is 3. The third-order valence-corrected chi connectivity index (χ3v) is 3.34. The Morgan fingerprint density at radius 3 is 2.35 bits per heavy atom. The molecule has 7 heteroatoms. The van der Waals surface area contributed by atoms with E-state index in [1.54, 1.807) is 18.2 Å². The van der Waals surface area contributed by atoms with Crippen LogP contribution in [0.15, 0.2) is 30.0 Å². The topological polar surface area (TPSA) is 86.6 Å². The molecule has 0 atom stereocenters. The van der Waals surface area contributed by atoms with Crippen molar-refractivity contribution < 1.29 is 19.8 Å². The number of carbonyl (C=O) groups is 2. The van der Waals surface area contributed by atoms with Crippen molar-refractivity contribution in [1.29, 1.82) is 0 Å². The highest BCUT2D eigenvalue weighted by Crippen LogP contribution is 2.22. The largest absolute Gasteiger partial charge is 0.477 e. The second-order valence-corrected chi connectivity index (χ2v) is 4.51. The summed E-state index contributed by atoms with van der Waals surface area (Å²) in [5.41, 5.74) is -0.241. The van der Waals surface area contributed by atoms with E-state index in [1.165, 1.54) is 0 Å². The molecule has 0 aliphatic carbocycles. The number of hydrogen-bond acceptors (Lipinski definition) is 3. The van der Waals surface area contributed by atoms with Crippen LogP contribution in [0.25, 0.3) is 0 Å². The second-order valence-electron chi connectivity index (χ2n) is 2.94. The number of benzene rings is 1. The van der Waals surface area contributed by atoms with E-state index in [2.05, 4.69) is 5.32 Å². The average molecular weight is 368 g/mol. The van der Waals surface area contributed by atoms with Gasteiger partial charge in [-0.3, -0.25) is 0 Å². The molecule has 0 saturated carbocycles. The SMILES string of the molecule is O=C(O)C(=CNc1ccc(I)c(Cl)c1)C(=O)O. The normalized spacial score (nSPS) is 9.53. The van der Waals surface area contributed by atoms with Crippen LogP contribution in [-0.4, -0.2) is 22.2 Å². The molecule has 3 N–H and O–H groups in total. The summed E-state index contributed by atoms with van der Waals surface area (Å²) >= 11 is 7.89. The van der Waals surface area contributed by atoms with Crippen molar-refractivity contribution in [2.75, 3.05) is 5.32 Å². The molecular formula is C10H7ClINO4. The summed E-state index contributed by atoms with van der Waals surface area (Å²) in [4.78, 5) is 21.1. The summed E-state index contributed by atoms with van der Waals surface area (Å²) in [5, 5.41) is 20.3. The second kappa shape index (κ2) is 5.87. The van der Waals surface area contributed by atoms with Gasteiger partial charge in [-0.05, 0) is 40.8 Å². The maximum atomic E-state index is 10.6. The van der Waals surface area contributed by atoms with Gasteiger partial charge in [0.25, 0.3) is 0 Å². The lowest BCUT2D eigenvalue weighted by atomic mass is 10.3. The Labute approximate surface area is 115 Å². The Kier molecular flexibility index (Phi) is 4.76.